The van der Waals surface area contributed by atoms with E-state index in [1.807, 2.05) is 12.1 Å². The molecule has 2 aromatic rings. The number of halogens is 2. The molecule has 0 saturated heterocycles. The van der Waals surface area contributed by atoms with Gasteiger partial charge in [-0.05, 0) is 18.6 Å². The van der Waals surface area contributed by atoms with Crippen LogP contribution in [0.3, 0.4) is 0 Å². The lowest BCUT2D eigenvalue weighted by Gasteiger charge is -2.04. The van der Waals surface area contributed by atoms with E-state index in [-0.39, 0.29) is 18.4 Å². The number of aromatic nitrogens is 1. The molecule has 1 aromatic heterocycles. The molecule has 0 fully saturated rings. The fourth-order valence-corrected chi connectivity index (χ4v) is 3.02. The summed E-state index contributed by atoms with van der Waals surface area (Å²) in [6.07, 6.45) is 2.62. The Labute approximate surface area is 137 Å². The molecule has 4 nitrogen and oxygen atoms in total. The number of nitrogens with one attached hydrogen (secondary N) is 1. The summed E-state index contributed by atoms with van der Waals surface area (Å²) in [6, 6.07) is 5.35. The number of anilines is 1. The number of amides is 1. The van der Waals surface area contributed by atoms with Gasteiger partial charge in [-0.1, -0.05) is 35.3 Å². The first-order chi connectivity index (χ1) is 9.95. The summed E-state index contributed by atoms with van der Waals surface area (Å²) in [5.41, 5.74) is 6.51. The lowest BCUT2D eigenvalue weighted by Crippen LogP contribution is -2.23. The van der Waals surface area contributed by atoms with Crippen molar-refractivity contribution in [2.75, 3.05) is 5.32 Å². The van der Waals surface area contributed by atoms with Crippen LogP contribution in [0.2, 0.25) is 10.0 Å². The highest BCUT2D eigenvalue weighted by molar-refractivity contribution is 7.15. The lowest BCUT2D eigenvalue weighted by atomic mass is 10.1. The summed E-state index contributed by atoms with van der Waals surface area (Å²) in [5, 5.41) is 4.38. The van der Waals surface area contributed by atoms with Crippen molar-refractivity contribution in [2.45, 2.75) is 25.8 Å². The second-order valence-corrected chi connectivity index (χ2v) is 6.65. The van der Waals surface area contributed by atoms with Crippen LogP contribution in [0.25, 0.3) is 0 Å². The Hall–Kier alpha value is -1.14. The van der Waals surface area contributed by atoms with Gasteiger partial charge in [-0.15, -0.1) is 11.3 Å². The fourth-order valence-electron chi connectivity index (χ4n) is 1.78. The van der Waals surface area contributed by atoms with Gasteiger partial charge in [0.1, 0.15) is 0 Å². The number of nitrogens with zero attached hydrogens (tertiary/aromatic N) is 1. The summed E-state index contributed by atoms with van der Waals surface area (Å²) in [6.45, 7) is 1.79. The van der Waals surface area contributed by atoms with E-state index in [4.69, 9.17) is 28.9 Å². The third-order valence-electron chi connectivity index (χ3n) is 2.70. The van der Waals surface area contributed by atoms with Crippen molar-refractivity contribution in [3.05, 3.63) is 44.9 Å². The highest BCUT2D eigenvalue weighted by atomic mass is 35.5. The Morgan fingerprint density at radius 3 is 2.95 bits per heavy atom. The summed E-state index contributed by atoms with van der Waals surface area (Å²) < 4.78 is 0. The molecule has 0 saturated carbocycles. The molecule has 0 aliphatic carbocycles. The first kappa shape index (κ1) is 16.2. The highest BCUT2D eigenvalue weighted by Crippen LogP contribution is 2.29. The summed E-state index contributed by atoms with van der Waals surface area (Å²) in [4.78, 5) is 16.8. The molecule has 1 amide bonds. The van der Waals surface area contributed by atoms with E-state index in [0.717, 1.165) is 10.4 Å². The van der Waals surface area contributed by atoms with Gasteiger partial charge in [0.25, 0.3) is 0 Å². The third-order valence-corrected chi connectivity index (χ3v) is 4.47. The van der Waals surface area contributed by atoms with Crippen molar-refractivity contribution >= 4 is 45.6 Å². The van der Waals surface area contributed by atoms with Gasteiger partial charge in [-0.2, -0.15) is 0 Å². The van der Waals surface area contributed by atoms with Crippen LogP contribution in [-0.2, 0) is 11.2 Å². The minimum Gasteiger partial charge on any atom is -0.327 e. The van der Waals surface area contributed by atoms with Crippen LogP contribution in [0.15, 0.2) is 24.4 Å². The van der Waals surface area contributed by atoms with E-state index in [1.54, 1.807) is 19.2 Å². The lowest BCUT2D eigenvalue weighted by molar-refractivity contribution is -0.116. The molecule has 0 bridgehead atoms. The van der Waals surface area contributed by atoms with E-state index < -0.39 is 0 Å². The average molecular weight is 344 g/mol. The van der Waals surface area contributed by atoms with Crippen LogP contribution < -0.4 is 11.1 Å². The van der Waals surface area contributed by atoms with Gasteiger partial charge >= 0.3 is 0 Å². The third kappa shape index (κ3) is 4.68. The van der Waals surface area contributed by atoms with Crippen molar-refractivity contribution in [3.8, 4) is 0 Å². The van der Waals surface area contributed by atoms with Gasteiger partial charge in [0, 0.05) is 30.0 Å². The quantitative estimate of drug-likeness (QED) is 0.869. The van der Waals surface area contributed by atoms with Gasteiger partial charge in [-0.25, -0.2) is 4.98 Å². The maximum Gasteiger partial charge on any atom is 0.227 e. The zero-order valence-electron chi connectivity index (χ0n) is 11.4. The van der Waals surface area contributed by atoms with Crippen LogP contribution in [0, 0.1) is 0 Å². The molecule has 1 unspecified atom stereocenters. The molecular weight excluding hydrogens is 329 g/mol. The van der Waals surface area contributed by atoms with Gasteiger partial charge in [-0.3, -0.25) is 4.79 Å². The molecule has 0 aliphatic heterocycles. The second-order valence-electron chi connectivity index (χ2n) is 4.75. The van der Waals surface area contributed by atoms with Crippen molar-refractivity contribution in [2.24, 2.45) is 5.73 Å². The van der Waals surface area contributed by atoms with Crippen LogP contribution in [-0.4, -0.2) is 16.9 Å². The number of rotatable bonds is 5. The standard InChI is InChI=1S/C14H15Cl2N3OS/c1-8(17)5-12(20)19-14-18-7-10(21-14)6-9-3-2-4-11(15)13(9)16/h2-4,7-8H,5-6,17H2,1H3,(H,18,19,20). The number of hydrogen-bond donors (Lipinski definition) is 2. The van der Waals surface area contributed by atoms with E-state index in [1.165, 1.54) is 11.3 Å². The molecule has 0 spiro atoms. The Balaban J connectivity index is 2.03. The van der Waals surface area contributed by atoms with Crippen molar-refractivity contribution in [3.63, 3.8) is 0 Å². The van der Waals surface area contributed by atoms with Crippen LogP contribution in [0.4, 0.5) is 5.13 Å². The van der Waals surface area contributed by atoms with Crippen molar-refractivity contribution in [1.29, 1.82) is 0 Å². The molecule has 0 aliphatic rings. The van der Waals surface area contributed by atoms with E-state index in [0.29, 0.717) is 21.6 Å². The maximum absolute atomic E-state index is 11.6. The molecule has 1 heterocycles. The first-order valence-electron chi connectivity index (χ1n) is 6.38. The first-order valence-corrected chi connectivity index (χ1v) is 7.96. The maximum atomic E-state index is 11.6. The van der Waals surface area contributed by atoms with Crippen LogP contribution >= 0.6 is 34.5 Å². The number of nitrogens with two attached hydrogens (primary N) is 1. The smallest absolute Gasteiger partial charge is 0.227 e. The van der Waals surface area contributed by atoms with Gasteiger partial charge in [0.05, 0.1) is 10.0 Å². The predicted molar refractivity (Wildman–Crippen MR) is 88.3 cm³/mol. The number of benzene rings is 1. The zero-order chi connectivity index (χ0) is 15.4. The number of hydrogen-bond acceptors (Lipinski definition) is 4. The number of thiazole rings is 1. The summed E-state index contributed by atoms with van der Waals surface area (Å²) in [5.74, 6) is -0.133. The molecule has 1 aromatic carbocycles. The molecule has 21 heavy (non-hydrogen) atoms. The van der Waals surface area contributed by atoms with E-state index in [2.05, 4.69) is 10.3 Å². The summed E-state index contributed by atoms with van der Waals surface area (Å²) in [7, 11) is 0. The van der Waals surface area contributed by atoms with Crippen LogP contribution in [0.5, 0.6) is 0 Å². The minimum atomic E-state index is -0.172. The van der Waals surface area contributed by atoms with Crippen LogP contribution in [0.1, 0.15) is 23.8 Å². The molecule has 2 rings (SSSR count). The molecule has 0 radical (unpaired) electrons. The average Bonchev–Trinajstić information content (AvgIpc) is 2.81. The molecule has 3 N–H and O–H groups in total. The largest absolute Gasteiger partial charge is 0.327 e. The monoisotopic (exact) mass is 343 g/mol. The topological polar surface area (TPSA) is 68.0 Å². The van der Waals surface area contributed by atoms with Gasteiger partial charge in [0.2, 0.25) is 5.91 Å². The normalized spacial score (nSPS) is 12.2. The Bertz CT molecular complexity index is 643. The predicted octanol–water partition coefficient (Wildman–Crippen LogP) is 3.72. The zero-order valence-corrected chi connectivity index (χ0v) is 13.7. The SMILES string of the molecule is CC(N)CC(=O)Nc1ncc(Cc2cccc(Cl)c2Cl)s1. The van der Waals surface area contributed by atoms with Crippen molar-refractivity contribution in [1.82, 2.24) is 4.98 Å². The van der Waals surface area contributed by atoms with Gasteiger partial charge < -0.3 is 11.1 Å². The Morgan fingerprint density at radius 2 is 2.24 bits per heavy atom. The Kier molecular flexibility index (Phi) is 5.58. The van der Waals surface area contributed by atoms with Crippen molar-refractivity contribution < 1.29 is 4.79 Å². The number of carbonyl (C=O) groups is 1. The molecule has 7 heteroatoms. The highest BCUT2D eigenvalue weighted by Gasteiger charge is 2.11. The van der Waals surface area contributed by atoms with Gasteiger partial charge in [0.15, 0.2) is 5.13 Å². The second kappa shape index (κ2) is 7.22. The molecule has 112 valence electrons. The fraction of sp³-hybridized carbons (Fsp3) is 0.286. The Morgan fingerprint density at radius 1 is 1.48 bits per heavy atom. The van der Waals surface area contributed by atoms with E-state index >= 15 is 0 Å². The van der Waals surface area contributed by atoms with E-state index in [9.17, 15) is 4.79 Å². The summed E-state index contributed by atoms with van der Waals surface area (Å²) >= 11 is 13.6. The molecular formula is C14H15Cl2N3OS. The molecule has 1 atom stereocenters. The minimum absolute atomic E-state index is 0.133. The number of carbonyl (C=O) groups excluding carboxylic acids is 1.